The first-order valence-electron chi connectivity index (χ1n) is 5.34. The molecule has 88 valence electrons. The maximum atomic E-state index is 9.63. The van der Waals surface area contributed by atoms with E-state index in [0.29, 0.717) is 5.75 Å². The average molecular weight is 230 g/mol. The van der Waals surface area contributed by atoms with E-state index in [1.807, 2.05) is 26.0 Å². The molecular formula is C14H14O3. The normalized spacial score (nSPS) is 10.2. The SMILES string of the molecule is Cc1cccc(Oc2c(O)cccc2O)c1C. The molecule has 17 heavy (non-hydrogen) atoms. The summed E-state index contributed by atoms with van der Waals surface area (Å²) in [6.07, 6.45) is 0. The van der Waals surface area contributed by atoms with Gasteiger partial charge in [-0.15, -0.1) is 0 Å². The van der Waals surface area contributed by atoms with Gasteiger partial charge >= 0.3 is 0 Å². The molecule has 2 aromatic rings. The van der Waals surface area contributed by atoms with E-state index >= 15 is 0 Å². The fraction of sp³-hybridized carbons (Fsp3) is 0.143. The molecular weight excluding hydrogens is 216 g/mol. The van der Waals surface area contributed by atoms with Crippen molar-refractivity contribution in [3.63, 3.8) is 0 Å². The number of rotatable bonds is 2. The van der Waals surface area contributed by atoms with Crippen molar-refractivity contribution >= 4 is 0 Å². The van der Waals surface area contributed by atoms with Gasteiger partial charge in [-0.05, 0) is 43.2 Å². The Labute approximate surface area is 99.9 Å². The molecule has 0 radical (unpaired) electrons. The fourth-order valence-corrected chi connectivity index (χ4v) is 1.56. The Morgan fingerprint density at radius 2 is 1.47 bits per heavy atom. The Morgan fingerprint density at radius 3 is 2.12 bits per heavy atom. The van der Waals surface area contributed by atoms with Gasteiger partial charge in [0.2, 0.25) is 5.75 Å². The van der Waals surface area contributed by atoms with Gasteiger partial charge < -0.3 is 14.9 Å². The van der Waals surface area contributed by atoms with Crippen LogP contribution in [-0.4, -0.2) is 10.2 Å². The molecule has 3 heteroatoms. The molecule has 0 bridgehead atoms. The van der Waals surface area contributed by atoms with E-state index < -0.39 is 0 Å². The minimum absolute atomic E-state index is 0.0779. The third-order valence-corrected chi connectivity index (χ3v) is 2.74. The Kier molecular flexibility index (Phi) is 2.91. The van der Waals surface area contributed by atoms with Crippen LogP contribution in [0.5, 0.6) is 23.0 Å². The first kappa shape index (κ1) is 11.3. The second kappa shape index (κ2) is 4.37. The minimum Gasteiger partial charge on any atom is -0.504 e. The second-order valence-corrected chi connectivity index (χ2v) is 3.93. The molecule has 0 fully saturated rings. The summed E-state index contributed by atoms with van der Waals surface area (Å²) in [6.45, 7) is 3.91. The maximum Gasteiger partial charge on any atom is 0.210 e. The van der Waals surface area contributed by atoms with Gasteiger partial charge in [0.15, 0.2) is 11.5 Å². The summed E-state index contributed by atoms with van der Waals surface area (Å²) < 4.78 is 5.55. The second-order valence-electron chi connectivity index (χ2n) is 3.93. The topological polar surface area (TPSA) is 49.7 Å². The van der Waals surface area contributed by atoms with Gasteiger partial charge in [-0.1, -0.05) is 18.2 Å². The lowest BCUT2D eigenvalue weighted by Gasteiger charge is -2.12. The number of para-hydroxylation sites is 1. The van der Waals surface area contributed by atoms with Crippen molar-refractivity contribution in [1.82, 2.24) is 0 Å². The zero-order chi connectivity index (χ0) is 12.4. The van der Waals surface area contributed by atoms with Crippen molar-refractivity contribution in [2.24, 2.45) is 0 Å². The molecule has 0 aromatic heterocycles. The average Bonchev–Trinajstić information content (AvgIpc) is 2.29. The van der Waals surface area contributed by atoms with Crippen LogP contribution in [0.1, 0.15) is 11.1 Å². The highest BCUT2D eigenvalue weighted by atomic mass is 16.5. The highest BCUT2D eigenvalue weighted by Crippen LogP contribution is 2.39. The van der Waals surface area contributed by atoms with Crippen LogP contribution in [0.25, 0.3) is 0 Å². The summed E-state index contributed by atoms with van der Waals surface area (Å²) in [5.74, 6) is 0.555. The van der Waals surface area contributed by atoms with Crippen LogP contribution < -0.4 is 4.74 Å². The minimum atomic E-state index is -0.0779. The Bertz CT molecular complexity index is 527. The van der Waals surface area contributed by atoms with Gasteiger partial charge in [-0.2, -0.15) is 0 Å². The highest BCUT2D eigenvalue weighted by molar-refractivity contribution is 5.52. The number of hydrogen-bond acceptors (Lipinski definition) is 3. The monoisotopic (exact) mass is 230 g/mol. The van der Waals surface area contributed by atoms with Crippen LogP contribution in [0, 0.1) is 13.8 Å². The van der Waals surface area contributed by atoms with E-state index in [2.05, 4.69) is 0 Å². The Morgan fingerprint density at radius 1 is 0.882 bits per heavy atom. The standard InChI is InChI=1S/C14H14O3/c1-9-5-3-8-13(10(9)2)17-14-11(15)6-4-7-12(14)16/h3-8,15-16H,1-2H3. The Hall–Kier alpha value is -2.16. The molecule has 0 saturated heterocycles. The molecule has 3 nitrogen and oxygen atoms in total. The predicted octanol–water partition coefficient (Wildman–Crippen LogP) is 3.51. The number of phenolic OH excluding ortho intramolecular Hbond substituents is 2. The fourth-order valence-electron chi connectivity index (χ4n) is 1.56. The molecule has 0 amide bonds. The van der Waals surface area contributed by atoms with Gasteiger partial charge in [0.05, 0.1) is 0 Å². The number of benzene rings is 2. The summed E-state index contributed by atoms with van der Waals surface area (Å²) >= 11 is 0. The molecule has 2 aromatic carbocycles. The van der Waals surface area contributed by atoms with Gasteiger partial charge in [0.25, 0.3) is 0 Å². The first-order chi connectivity index (χ1) is 8.09. The molecule has 0 spiro atoms. The third-order valence-electron chi connectivity index (χ3n) is 2.74. The van der Waals surface area contributed by atoms with E-state index in [4.69, 9.17) is 4.74 Å². The van der Waals surface area contributed by atoms with Crippen LogP contribution >= 0.6 is 0 Å². The highest BCUT2D eigenvalue weighted by Gasteiger charge is 2.11. The van der Waals surface area contributed by atoms with Crippen molar-refractivity contribution in [2.45, 2.75) is 13.8 Å². The van der Waals surface area contributed by atoms with Crippen molar-refractivity contribution < 1.29 is 14.9 Å². The summed E-state index contributed by atoms with van der Waals surface area (Å²) in [7, 11) is 0. The quantitative estimate of drug-likeness (QED) is 0.830. The zero-order valence-electron chi connectivity index (χ0n) is 9.77. The number of aryl methyl sites for hydroxylation is 1. The lowest BCUT2D eigenvalue weighted by molar-refractivity contribution is 0.375. The van der Waals surface area contributed by atoms with E-state index in [-0.39, 0.29) is 17.2 Å². The number of ether oxygens (including phenoxy) is 1. The van der Waals surface area contributed by atoms with Gasteiger partial charge in [-0.25, -0.2) is 0 Å². The molecule has 0 aliphatic rings. The van der Waals surface area contributed by atoms with Crippen LogP contribution in [0.2, 0.25) is 0 Å². The van der Waals surface area contributed by atoms with Gasteiger partial charge in [0.1, 0.15) is 5.75 Å². The van der Waals surface area contributed by atoms with E-state index in [1.54, 1.807) is 12.1 Å². The molecule has 0 atom stereocenters. The van der Waals surface area contributed by atoms with Crippen LogP contribution in [0.3, 0.4) is 0 Å². The van der Waals surface area contributed by atoms with Crippen molar-refractivity contribution in [2.75, 3.05) is 0 Å². The van der Waals surface area contributed by atoms with Crippen LogP contribution in [0.15, 0.2) is 36.4 Å². The van der Waals surface area contributed by atoms with Crippen molar-refractivity contribution in [1.29, 1.82) is 0 Å². The van der Waals surface area contributed by atoms with Crippen LogP contribution in [0.4, 0.5) is 0 Å². The van der Waals surface area contributed by atoms with Crippen molar-refractivity contribution in [3.05, 3.63) is 47.5 Å². The number of hydrogen-bond donors (Lipinski definition) is 2. The van der Waals surface area contributed by atoms with Crippen molar-refractivity contribution in [3.8, 4) is 23.0 Å². The summed E-state index contributed by atoms with van der Waals surface area (Å²) in [4.78, 5) is 0. The lowest BCUT2D eigenvalue weighted by Crippen LogP contribution is -1.90. The molecule has 2 N–H and O–H groups in total. The molecule has 0 saturated carbocycles. The first-order valence-corrected chi connectivity index (χ1v) is 5.34. The largest absolute Gasteiger partial charge is 0.504 e. The smallest absolute Gasteiger partial charge is 0.210 e. The zero-order valence-corrected chi connectivity index (χ0v) is 9.77. The third kappa shape index (κ3) is 2.18. The molecule has 2 rings (SSSR count). The van der Waals surface area contributed by atoms with E-state index in [1.165, 1.54) is 12.1 Å². The lowest BCUT2D eigenvalue weighted by atomic mass is 10.1. The maximum absolute atomic E-state index is 9.63. The summed E-state index contributed by atoms with van der Waals surface area (Å²) in [5, 5.41) is 19.3. The molecule has 0 aliphatic heterocycles. The molecule has 0 aliphatic carbocycles. The van der Waals surface area contributed by atoms with Gasteiger partial charge in [-0.3, -0.25) is 0 Å². The molecule has 0 heterocycles. The number of aromatic hydroxyl groups is 2. The van der Waals surface area contributed by atoms with Crippen LogP contribution in [-0.2, 0) is 0 Å². The Balaban J connectivity index is 2.42. The number of phenols is 2. The summed E-state index contributed by atoms with van der Waals surface area (Å²) in [5.41, 5.74) is 2.08. The summed E-state index contributed by atoms with van der Waals surface area (Å²) in [6, 6.07) is 10.1. The molecule has 0 unspecified atom stereocenters. The predicted molar refractivity (Wildman–Crippen MR) is 65.8 cm³/mol. The van der Waals surface area contributed by atoms with E-state index in [9.17, 15) is 10.2 Å². The van der Waals surface area contributed by atoms with Gasteiger partial charge in [0, 0.05) is 0 Å². The van der Waals surface area contributed by atoms with E-state index in [0.717, 1.165) is 11.1 Å².